The van der Waals surface area contributed by atoms with Crippen molar-refractivity contribution in [3.05, 3.63) is 28.5 Å². The van der Waals surface area contributed by atoms with Crippen molar-refractivity contribution >= 4 is 31.9 Å². The van der Waals surface area contributed by atoms with Gasteiger partial charge in [0, 0.05) is 4.47 Å². The van der Waals surface area contributed by atoms with E-state index in [1.807, 2.05) is 0 Å². The highest BCUT2D eigenvalue weighted by atomic mass is 79.9. The summed E-state index contributed by atoms with van der Waals surface area (Å²) in [5.41, 5.74) is 0. The van der Waals surface area contributed by atoms with Gasteiger partial charge in [0.05, 0.1) is 6.26 Å². The van der Waals surface area contributed by atoms with E-state index >= 15 is 0 Å². The number of hydrogen-bond donors (Lipinski definition) is 1. The molecule has 0 fully saturated rings. The number of amides is 1. The number of carbonyl (C=O) groups is 1. The number of hydrogen-bond acceptors (Lipinski definition) is 4. The molecule has 0 spiro atoms. The zero-order valence-electron chi connectivity index (χ0n) is 9.61. The SMILES string of the molecule is C[C@H](Oc1ccc(Br)cc1F)C(=O)NS(C)(=O)=O. The van der Waals surface area contributed by atoms with Crippen molar-refractivity contribution in [2.45, 2.75) is 13.0 Å². The Labute approximate surface area is 113 Å². The minimum Gasteiger partial charge on any atom is -0.478 e. The van der Waals surface area contributed by atoms with Crippen molar-refractivity contribution in [2.75, 3.05) is 6.26 Å². The number of benzene rings is 1. The average molecular weight is 340 g/mol. The maximum Gasteiger partial charge on any atom is 0.274 e. The first kappa shape index (κ1) is 14.9. The topological polar surface area (TPSA) is 72.5 Å². The fourth-order valence-corrected chi connectivity index (χ4v) is 1.95. The Morgan fingerprint density at radius 3 is 2.61 bits per heavy atom. The second-order valence-electron chi connectivity index (χ2n) is 3.57. The van der Waals surface area contributed by atoms with E-state index in [1.54, 1.807) is 10.8 Å². The third-order valence-corrected chi connectivity index (χ3v) is 2.92. The molecule has 0 saturated carbocycles. The molecule has 0 bridgehead atoms. The van der Waals surface area contributed by atoms with Crippen LogP contribution in [0, 0.1) is 5.82 Å². The van der Waals surface area contributed by atoms with Gasteiger partial charge in [0.2, 0.25) is 10.0 Å². The molecule has 0 radical (unpaired) electrons. The van der Waals surface area contributed by atoms with Crippen LogP contribution in [-0.2, 0) is 14.8 Å². The zero-order chi connectivity index (χ0) is 13.9. The van der Waals surface area contributed by atoms with E-state index in [0.717, 1.165) is 6.26 Å². The number of ether oxygens (including phenoxy) is 1. The monoisotopic (exact) mass is 339 g/mol. The molecule has 0 aliphatic carbocycles. The van der Waals surface area contributed by atoms with Gasteiger partial charge in [-0.25, -0.2) is 12.8 Å². The van der Waals surface area contributed by atoms with Crippen LogP contribution >= 0.6 is 15.9 Å². The van der Waals surface area contributed by atoms with Gasteiger partial charge in [0.15, 0.2) is 17.7 Å². The van der Waals surface area contributed by atoms with Gasteiger partial charge in [-0.1, -0.05) is 15.9 Å². The summed E-state index contributed by atoms with van der Waals surface area (Å²) in [5.74, 6) is -1.64. The summed E-state index contributed by atoms with van der Waals surface area (Å²) in [4.78, 5) is 11.4. The van der Waals surface area contributed by atoms with Crippen molar-refractivity contribution < 1.29 is 22.3 Å². The second kappa shape index (κ2) is 5.66. The summed E-state index contributed by atoms with van der Waals surface area (Å²) in [6.45, 7) is 1.32. The summed E-state index contributed by atoms with van der Waals surface area (Å²) in [7, 11) is -3.66. The molecule has 0 aliphatic rings. The van der Waals surface area contributed by atoms with Crippen LogP contribution < -0.4 is 9.46 Å². The molecule has 0 saturated heterocycles. The first-order chi connectivity index (χ1) is 8.19. The van der Waals surface area contributed by atoms with Crippen LogP contribution in [0.1, 0.15) is 6.92 Å². The lowest BCUT2D eigenvalue weighted by Gasteiger charge is -2.14. The third kappa shape index (κ3) is 4.61. The Hall–Kier alpha value is -1.15. The highest BCUT2D eigenvalue weighted by Crippen LogP contribution is 2.22. The van der Waals surface area contributed by atoms with Gasteiger partial charge >= 0.3 is 0 Å². The van der Waals surface area contributed by atoms with E-state index in [4.69, 9.17) is 4.74 Å². The molecule has 0 heterocycles. The molecule has 1 amide bonds. The Kier molecular flexibility index (Phi) is 4.69. The molecular formula is C10H11BrFNO4S. The van der Waals surface area contributed by atoms with Crippen molar-refractivity contribution in [1.29, 1.82) is 0 Å². The van der Waals surface area contributed by atoms with Crippen molar-refractivity contribution in [3.8, 4) is 5.75 Å². The Balaban J connectivity index is 2.75. The smallest absolute Gasteiger partial charge is 0.274 e. The predicted molar refractivity (Wildman–Crippen MR) is 67.2 cm³/mol. The predicted octanol–water partition coefficient (Wildman–Crippen LogP) is 1.43. The maximum atomic E-state index is 13.4. The van der Waals surface area contributed by atoms with Crippen LogP contribution in [0.2, 0.25) is 0 Å². The van der Waals surface area contributed by atoms with E-state index in [2.05, 4.69) is 15.9 Å². The number of nitrogens with one attached hydrogen (secondary N) is 1. The second-order valence-corrected chi connectivity index (χ2v) is 6.24. The summed E-state index contributed by atoms with van der Waals surface area (Å²) in [5, 5.41) is 0. The highest BCUT2D eigenvalue weighted by Gasteiger charge is 2.19. The molecule has 8 heteroatoms. The lowest BCUT2D eigenvalue weighted by Crippen LogP contribution is -2.39. The van der Waals surface area contributed by atoms with Gasteiger partial charge in [-0.05, 0) is 25.1 Å². The Bertz CT molecular complexity index is 561. The summed E-state index contributed by atoms with van der Waals surface area (Å²) >= 11 is 3.08. The van der Waals surface area contributed by atoms with Gasteiger partial charge in [-0.2, -0.15) is 0 Å². The zero-order valence-corrected chi connectivity index (χ0v) is 12.0. The molecule has 1 aromatic rings. The fraction of sp³-hybridized carbons (Fsp3) is 0.300. The van der Waals surface area contributed by atoms with Crippen LogP contribution in [0.4, 0.5) is 4.39 Å². The van der Waals surface area contributed by atoms with Crippen molar-refractivity contribution in [1.82, 2.24) is 4.72 Å². The van der Waals surface area contributed by atoms with Gasteiger partial charge in [0.1, 0.15) is 0 Å². The lowest BCUT2D eigenvalue weighted by atomic mass is 10.3. The van der Waals surface area contributed by atoms with Crippen LogP contribution in [-0.4, -0.2) is 26.7 Å². The Morgan fingerprint density at radius 2 is 2.11 bits per heavy atom. The largest absolute Gasteiger partial charge is 0.478 e. The molecule has 18 heavy (non-hydrogen) atoms. The standard InChI is InChI=1S/C10H11BrFNO4S/c1-6(10(14)13-18(2,15)16)17-9-4-3-7(11)5-8(9)12/h3-6H,1-2H3,(H,13,14)/t6-/m0/s1. The number of sulfonamides is 1. The third-order valence-electron chi connectivity index (χ3n) is 1.85. The van der Waals surface area contributed by atoms with Crippen LogP contribution in [0.15, 0.2) is 22.7 Å². The molecule has 0 unspecified atom stereocenters. The minimum absolute atomic E-state index is 0.130. The molecule has 5 nitrogen and oxygen atoms in total. The van der Waals surface area contributed by atoms with E-state index in [1.165, 1.54) is 19.1 Å². The minimum atomic E-state index is -3.66. The van der Waals surface area contributed by atoms with Gasteiger partial charge < -0.3 is 4.74 Å². The fourth-order valence-electron chi connectivity index (χ4n) is 1.08. The quantitative estimate of drug-likeness (QED) is 0.900. The van der Waals surface area contributed by atoms with Crippen molar-refractivity contribution in [3.63, 3.8) is 0 Å². The van der Waals surface area contributed by atoms with Gasteiger partial charge in [-0.3, -0.25) is 9.52 Å². The number of carbonyl (C=O) groups excluding carboxylic acids is 1. The lowest BCUT2D eigenvalue weighted by molar-refractivity contribution is -0.125. The molecule has 0 aliphatic heterocycles. The molecule has 1 N–H and O–H groups in total. The molecule has 1 atom stereocenters. The first-order valence-corrected chi connectivity index (χ1v) is 7.51. The van der Waals surface area contributed by atoms with Crippen LogP contribution in [0.5, 0.6) is 5.75 Å². The summed E-state index contributed by atoms with van der Waals surface area (Å²) in [6, 6.07) is 4.06. The van der Waals surface area contributed by atoms with Crippen molar-refractivity contribution in [2.24, 2.45) is 0 Å². The highest BCUT2D eigenvalue weighted by molar-refractivity contribution is 9.10. The summed E-state index contributed by atoms with van der Waals surface area (Å²) in [6.07, 6.45) is -0.284. The first-order valence-electron chi connectivity index (χ1n) is 4.82. The van der Waals surface area contributed by atoms with E-state index in [-0.39, 0.29) is 5.75 Å². The van der Waals surface area contributed by atoms with E-state index in [0.29, 0.717) is 4.47 Å². The molecule has 0 aromatic heterocycles. The van der Waals surface area contributed by atoms with E-state index < -0.39 is 27.9 Å². The number of rotatable bonds is 4. The normalized spacial score (nSPS) is 12.9. The summed E-state index contributed by atoms with van der Waals surface area (Å²) < 4.78 is 42.4. The molecule has 1 rings (SSSR count). The van der Waals surface area contributed by atoms with E-state index in [9.17, 15) is 17.6 Å². The van der Waals surface area contributed by atoms with Crippen LogP contribution in [0.25, 0.3) is 0 Å². The molecule has 1 aromatic carbocycles. The molecule has 100 valence electrons. The van der Waals surface area contributed by atoms with Gasteiger partial charge in [0.25, 0.3) is 5.91 Å². The average Bonchev–Trinajstić information content (AvgIpc) is 2.19. The van der Waals surface area contributed by atoms with Crippen LogP contribution in [0.3, 0.4) is 0 Å². The Morgan fingerprint density at radius 1 is 1.50 bits per heavy atom. The van der Waals surface area contributed by atoms with Gasteiger partial charge in [-0.15, -0.1) is 0 Å². The maximum absolute atomic E-state index is 13.4. The number of halogens is 2. The molecular weight excluding hydrogens is 329 g/mol.